The summed E-state index contributed by atoms with van der Waals surface area (Å²) in [5, 5.41) is 5.47. The highest BCUT2D eigenvalue weighted by molar-refractivity contribution is 7.86. The van der Waals surface area contributed by atoms with E-state index in [-0.39, 0.29) is 23.2 Å². The molecular weight excluding hydrogens is 530 g/mol. The minimum Gasteiger partial charge on any atom is -0.456 e. The van der Waals surface area contributed by atoms with E-state index < -0.39 is 20.6 Å². The first-order valence-corrected chi connectivity index (χ1v) is 15.7. The standard InChI is InChI=1S/C30H41N3O6S/c1-2-3-4-5-6-7-8-9-10-11-12-16-19-29(34)31-28-23-30(35)33(32-28)24-20-21-26(27(22-24)40(36,37)38)39-25-17-14-13-15-18-25/h13-15,17-18,20-23,32H,2-12,16,19H2,1H3,(H,31,34)(H,36,37,38). The lowest BCUT2D eigenvalue weighted by molar-refractivity contribution is -0.116. The molecule has 0 saturated carbocycles. The second-order valence-electron chi connectivity index (χ2n) is 10.1. The Hall–Kier alpha value is -3.37. The molecule has 0 unspecified atom stereocenters. The van der Waals surface area contributed by atoms with Gasteiger partial charge in [0.15, 0.2) is 0 Å². The fourth-order valence-corrected chi connectivity index (χ4v) is 5.16. The third-order valence-electron chi connectivity index (χ3n) is 6.69. The van der Waals surface area contributed by atoms with Crippen molar-refractivity contribution in [1.29, 1.82) is 0 Å². The first-order valence-electron chi connectivity index (χ1n) is 14.2. The molecule has 0 saturated heterocycles. The zero-order chi connectivity index (χ0) is 28.8. The molecule has 0 bridgehead atoms. The summed E-state index contributed by atoms with van der Waals surface area (Å²) in [5.74, 6) is 0.293. The average molecular weight is 572 g/mol. The van der Waals surface area contributed by atoms with E-state index in [1.807, 2.05) is 0 Å². The minimum atomic E-state index is -4.66. The van der Waals surface area contributed by atoms with Gasteiger partial charge in [0.05, 0.1) is 5.69 Å². The summed E-state index contributed by atoms with van der Waals surface area (Å²) in [6, 6.07) is 13.7. The summed E-state index contributed by atoms with van der Waals surface area (Å²) in [6.07, 6.45) is 14.9. The second-order valence-corrected chi connectivity index (χ2v) is 11.4. The molecule has 9 nitrogen and oxygen atoms in total. The first kappa shape index (κ1) is 31.2. The lowest BCUT2D eigenvalue weighted by Crippen LogP contribution is -2.14. The van der Waals surface area contributed by atoms with Crippen molar-refractivity contribution in [1.82, 2.24) is 9.78 Å². The van der Waals surface area contributed by atoms with E-state index in [9.17, 15) is 22.6 Å². The molecule has 3 aromatic rings. The van der Waals surface area contributed by atoms with Gasteiger partial charge in [0.25, 0.3) is 15.7 Å². The van der Waals surface area contributed by atoms with Gasteiger partial charge in [-0.3, -0.25) is 19.2 Å². The molecule has 10 heteroatoms. The smallest absolute Gasteiger partial charge is 0.298 e. The van der Waals surface area contributed by atoms with Crippen molar-refractivity contribution in [2.45, 2.75) is 95.3 Å². The number of aromatic amines is 1. The Morgan fingerprint density at radius 2 is 1.48 bits per heavy atom. The van der Waals surface area contributed by atoms with E-state index in [2.05, 4.69) is 17.3 Å². The normalized spacial score (nSPS) is 11.4. The maximum Gasteiger partial charge on any atom is 0.298 e. The highest BCUT2D eigenvalue weighted by Gasteiger charge is 2.20. The zero-order valence-electron chi connectivity index (χ0n) is 23.2. The van der Waals surface area contributed by atoms with Gasteiger partial charge in [-0.25, -0.2) is 4.68 Å². The number of carbonyl (C=O) groups is 1. The van der Waals surface area contributed by atoms with Crippen LogP contribution in [-0.4, -0.2) is 28.7 Å². The third-order valence-corrected chi connectivity index (χ3v) is 7.56. The van der Waals surface area contributed by atoms with Crippen LogP contribution >= 0.6 is 0 Å². The number of H-pyrrole nitrogens is 1. The number of ether oxygens (including phenoxy) is 1. The van der Waals surface area contributed by atoms with Crippen molar-refractivity contribution in [2.75, 3.05) is 5.32 Å². The van der Waals surface area contributed by atoms with Gasteiger partial charge in [0.2, 0.25) is 5.91 Å². The number of hydrogen-bond donors (Lipinski definition) is 3. The van der Waals surface area contributed by atoms with Crippen molar-refractivity contribution in [3.63, 3.8) is 0 Å². The second kappa shape index (κ2) is 16.0. The third kappa shape index (κ3) is 10.3. The lowest BCUT2D eigenvalue weighted by atomic mass is 10.0. The van der Waals surface area contributed by atoms with Gasteiger partial charge in [-0.1, -0.05) is 95.8 Å². The van der Waals surface area contributed by atoms with E-state index in [1.54, 1.807) is 30.3 Å². The number of carbonyl (C=O) groups excluding carboxylic acids is 1. The van der Waals surface area contributed by atoms with Gasteiger partial charge in [-0.2, -0.15) is 8.42 Å². The number of anilines is 1. The van der Waals surface area contributed by atoms with Gasteiger partial charge in [-0.15, -0.1) is 0 Å². The highest BCUT2D eigenvalue weighted by Crippen LogP contribution is 2.30. The molecule has 40 heavy (non-hydrogen) atoms. The maximum atomic E-state index is 12.6. The van der Waals surface area contributed by atoms with Crippen LogP contribution in [0.1, 0.15) is 90.4 Å². The fraction of sp³-hybridized carbons (Fsp3) is 0.467. The van der Waals surface area contributed by atoms with Crippen molar-refractivity contribution >= 4 is 21.8 Å². The van der Waals surface area contributed by atoms with Crippen molar-refractivity contribution < 1.29 is 22.5 Å². The molecule has 0 spiro atoms. The lowest BCUT2D eigenvalue weighted by Gasteiger charge is -2.11. The molecule has 0 aliphatic heterocycles. The van der Waals surface area contributed by atoms with Crippen LogP contribution in [0.25, 0.3) is 5.69 Å². The molecule has 1 amide bonds. The van der Waals surface area contributed by atoms with E-state index in [1.165, 1.54) is 76.0 Å². The van der Waals surface area contributed by atoms with Crippen LogP contribution in [0.4, 0.5) is 5.82 Å². The van der Waals surface area contributed by atoms with Crippen LogP contribution in [0.5, 0.6) is 11.5 Å². The summed E-state index contributed by atoms with van der Waals surface area (Å²) in [6.45, 7) is 2.23. The first-order chi connectivity index (χ1) is 19.3. The Balaban J connectivity index is 1.48. The van der Waals surface area contributed by atoms with Crippen LogP contribution in [0, 0.1) is 0 Å². The number of nitrogens with one attached hydrogen (secondary N) is 2. The Kier molecular flexibility index (Phi) is 12.5. The van der Waals surface area contributed by atoms with Gasteiger partial charge >= 0.3 is 0 Å². The minimum absolute atomic E-state index is 0.0898. The molecular formula is C30H41N3O6S. The van der Waals surface area contributed by atoms with Gasteiger partial charge in [0.1, 0.15) is 22.2 Å². The molecule has 218 valence electrons. The highest BCUT2D eigenvalue weighted by atomic mass is 32.2. The Morgan fingerprint density at radius 3 is 2.08 bits per heavy atom. The number of para-hydroxylation sites is 1. The molecule has 3 N–H and O–H groups in total. The van der Waals surface area contributed by atoms with Crippen LogP contribution in [0.2, 0.25) is 0 Å². The van der Waals surface area contributed by atoms with E-state index in [0.29, 0.717) is 12.2 Å². The zero-order valence-corrected chi connectivity index (χ0v) is 24.0. The van der Waals surface area contributed by atoms with Crippen LogP contribution in [0.15, 0.2) is 64.3 Å². The SMILES string of the molecule is CCCCCCCCCCCCCCC(=O)Nc1cc(=O)n(-c2ccc(Oc3ccccc3)c(S(=O)(=O)O)c2)[nH]1. The van der Waals surface area contributed by atoms with E-state index in [4.69, 9.17) is 4.74 Å². The molecule has 3 rings (SSSR count). The Bertz CT molecular complexity index is 1370. The number of unbranched alkanes of at least 4 members (excludes halogenated alkanes) is 11. The molecule has 0 atom stereocenters. The summed E-state index contributed by atoms with van der Waals surface area (Å²) in [5.41, 5.74) is -0.349. The molecule has 0 aliphatic carbocycles. The number of rotatable bonds is 18. The summed E-state index contributed by atoms with van der Waals surface area (Å²) in [4.78, 5) is 24.5. The number of aromatic nitrogens is 2. The van der Waals surface area contributed by atoms with Crippen molar-refractivity contribution in [3.05, 3.63) is 65.0 Å². The molecule has 0 fully saturated rings. The predicted molar refractivity (Wildman–Crippen MR) is 157 cm³/mol. The summed E-state index contributed by atoms with van der Waals surface area (Å²) >= 11 is 0. The summed E-state index contributed by atoms with van der Waals surface area (Å²) < 4.78 is 40.5. The number of hydrogen-bond acceptors (Lipinski definition) is 5. The average Bonchev–Trinajstić information content (AvgIpc) is 3.29. The quantitative estimate of drug-likeness (QED) is 0.109. The molecule has 0 aliphatic rings. The van der Waals surface area contributed by atoms with Gasteiger partial charge in [-0.05, 0) is 36.8 Å². The molecule has 1 heterocycles. The van der Waals surface area contributed by atoms with Crippen molar-refractivity contribution in [3.8, 4) is 17.2 Å². The van der Waals surface area contributed by atoms with Gasteiger partial charge < -0.3 is 10.1 Å². The predicted octanol–water partition coefficient (Wildman–Crippen LogP) is 7.23. The van der Waals surface area contributed by atoms with Crippen LogP contribution in [-0.2, 0) is 14.9 Å². The number of amides is 1. The largest absolute Gasteiger partial charge is 0.456 e. The summed E-state index contributed by atoms with van der Waals surface area (Å²) in [7, 11) is -4.66. The fourth-order valence-electron chi connectivity index (χ4n) is 4.53. The Morgan fingerprint density at radius 1 is 0.875 bits per heavy atom. The van der Waals surface area contributed by atoms with Crippen LogP contribution in [0.3, 0.4) is 0 Å². The Labute approximate surface area is 236 Å². The monoisotopic (exact) mass is 571 g/mol. The van der Waals surface area contributed by atoms with E-state index in [0.717, 1.165) is 30.0 Å². The molecule has 1 aromatic heterocycles. The number of benzene rings is 2. The molecule has 0 radical (unpaired) electrons. The van der Waals surface area contributed by atoms with Crippen LogP contribution < -0.4 is 15.6 Å². The van der Waals surface area contributed by atoms with E-state index >= 15 is 0 Å². The number of nitrogens with zero attached hydrogens (tertiary/aromatic N) is 1. The topological polar surface area (TPSA) is 130 Å². The molecule has 2 aromatic carbocycles. The van der Waals surface area contributed by atoms with Crippen molar-refractivity contribution in [2.24, 2.45) is 0 Å². The maximum absolute atomic E-state index is 12.6. The van der Waals surface area contributed by atoms with Gasteiger partial charge in [0, 0.05) is 12.5 Å².